The first-order valence-electron chi connectivity index (χ1n) is 5.16. The number of methoxy groups -OCH3 is 1. The van der Waals surface area contributed by atoms with E-state index in [4.69, 9.17) is 4.74 Å². The molecule has 0 radical (unpaired) electrons. The van der Waals surface area contributed by atoms with Crippen LogP contribution in [0.15, 0.2) is 30.3 Å². The number of benzene rings is 1. The van der Waals surface area contributed by atoms with E-state index in [0.717, 1.165) is 6.54 Å². The summed E-state index contributed by atoms with van der Waals surface area (Å²) in [6.45, 7) is 1.57. The van der Waals surface area contributed by atoms with Gasteiger partial charge >= 0.3 is 5.97 Å². The van der Waals surface area contributed by atoms with Crippen molar-refractivity contribution in [2.45, 2.75) is 5.92 Å². The Bertz CT molecular complexity index is 337. The summed E-state index contributed by atoms with van der Waals surface area (Å²) in [7, 11) is 1.45. The fourth-order valence-corrected chi connectivity index (χ4v) is 2.13. The van der Waals surface area contributed by atoms with Crippen LogP contribution in [0.1, 0.15) is 11.5 Å². The van der Waals surface area contributed by atoms with Crippen LogP contribution in [0, 0.1) is 5.92 Å². The Morgan fingerprint density at radius 2 is 2.07 bits per heavy atom. The molecule has 0 aromatic heterocycles. The second-order valence-electron chi connectivity index (χ2n) is 3.81. The quantitative estimate of drug-likeness (QED) is 0.736. The Balaban J connectivity index is 2.18. The van der Waals surface area contributed by atoms with Gasteiger partial charge in [0.1, 0.15) is 0 Å². The largest absolute Gasteiger partial charge is 0.469 e. The number of nitrogens with one attached hydrogen (secondary N) is 1. The van der Waals surface area contributed by atoms with Crippen LogP contribution in [0.2, 0.25) is 0 Å². The summed E-state index contributed by atoms with van der Waals surface area (Å²) in [5, 5.41) is 3.24. The van der Waals surface area contributed by atoms with Crippen molar-refractivity contribution in [2.75, 3.05) is 20.2 Å². The molecule has 0 spiro atoms. The highest BCUT2D eigenvalue weighted by Gasteiger charge is 2.34. The van der Waals surface area contributed by atoms with Gasteiger partial charge in [-0.3, -0.25) is 4.79 Å². The topological polar surface area (TPSA) is 38.3 Å². The molecule has 0 saturated carbocycles. The second kappa shape index (κ2) is 4.45. The van der Waals surface area contributed by atoms with Gasteiger partial charge in [0, 0.05) is 19.0 Å². The number of hydrogen-bond acceptors (Lipinski definition) is 3. The normalized spacial score (nSPS) is 25.1. The standard InChI is InChI=1S/C12H15NO2/c1-15-12(14)11-8-13-7-10(11)9-5-3-2-4-6-9/h2-6,10-11,13H,7-8H2,1H3/t10-,11-/m1/s1. The molecule has 2 atom stereocenters. The predicted molar refractivity (Wildman–Crippen MR) is 57.6 cm³/mol. The van der Waals surface area contributed by atoms with Gasteiger partial charge in [-0.2, -0.15) is 0 Å². The molecule has 0 aliphatic carbocycles. The highest BCUT2D eigenvalue weighted by Crippen LogP contribution is 2.28. The first kappa shape index (κ1) is 10.2. The molecule has 1 aliphatic rings. The lowest BCUT2D eigenvalue weighted by molar-refractivity contribution is -0.145. The molecule has 0 bridgehead atoms. The van der Waals surface area contributed by atoms with Crippen molar-refractivity contribution in [1.29, 1.82) is 0 Å². The molecule has 0 unspecified atom stereocenters. The van der Waals surface area contributed by atoms with E-state index in [0.29, 0.717) is 6.54 Å². The summed E-state index contributed by atoms with van der Waals surface area (Å²) in [4.78, 5) is 11.5. The Kier molecular flexibility index (Phi) is 3.02. The molecular formula is C12H15NO2. The zero-order valence-corrected chi connectivity index (χ0v) is 8.77. The van der Waals surface area contributed by atoms with E-state index in [1.807, 2.05) is 18.2 Å². The monoisotopic (exact) mass is 205 g/mol. The van der Waals surface area contributed by atoms with Crippen LogP contribution >= 0.6 is 0 Å². The zero-order valence-electron chi connectivity index (χ0n) is 8.77. The fourth-order valence-electron chi connectivity index (χ4n) is 2.13. The summed E-state index contributed by atoms with van der Waals surface area (Å²) in [6.07, 6.45) is 0. The van der Waals surface area contributed by atoms with E-state index in [1.54, 1.807) is 0 Å². The third kappa shape index (κ3) is 2.02. The predicted octanol–water partition coefficient (Wildman–Crippen LogP) is 1.16. The van der Waals surface area contributed by atoms with Gasteiger partial charge in [0.15, 0.2) is 0 Å². The van der Waals surface area contributed by atoms with Crippen molar-refractivity contribution in [3.8, 4) is 0 Å². The van der Waals surface area contributed by atoms with Gasteiger partial charge in [-0.15, -0.1) is 0 Å². The van der Waals surface area contributed by atoms with Crippen LogP contribution in [0.4, 0.5) is 0 Å². The summed E-state index contributed by atoms with van der Waals surface area (Å²) < 4.78 is 4.81. The van der Waals surface area contributed by atoms with E-state index in [1.165, 1.54) is 12.7 Å². The third-order valence-corrected chi connectivity index (χ3v) is 2.95. The van der Waals surface area contributed by atoms with Crippen LogP contribution in [-0.2, 0) is 9.53 Å². The van der Waals surface area contributed by atoms with Gasteiger partial charge in [0.25, 0.3) is 0 Å². The van der Waals surface area contributed by atoms with Crippen LogP contribution in [-0.4, -0.2) is 26.2 Å². The highest BCUT2D eigenvalue weighted by atomic mass is 16.5. The molecule has 1 N–H and O–H groups in total. The number of rotatable bonds is 2. The average Bonchev–Trinajstić information content (AvgIpc) is 2.78. The number of esters is 1. The summed E-state index contributed by atoms with van der Waals surface area (Å²) in [5.74, 6) is 0.0879. The number of carbonyl (C=O) groups is 1. The summed E-state index contributed by atoms with van der Waals surface area (Å²) >= 11 is 0. The Morgan fingerprint density at radius 3 is 2.73 bits per heavy atom. The van der Waals surface area contributed by atoms with E-state index >= 15 is 0 Å². The fraction of sp³-hybridized carbons (Fsp3) is 0.417. The average molecular weight is 205 g/mol. The smallest absolute Gasteiger partial charge is 0.310 e. The maximum absolute atomic E-state index is 11.5. The molecule has 15 heavy (non-hydrogen) atoms. The lowest BCUT2D eigenvalue weighted by Gasteiger charge is -2.16. The minimum absolute atomic E-state index is 0.0441. The second-order valence-corrected chi connectivity index (χ2v) is 3.81. The van der Waals surface area contributed by atoms with E-state index in [9.17, 15) is 4.79 Å². The van der Waals surface area contributed by atoms with Gasteiger partial charge in [-0.1, -0.05) is 30.3 Å². The van der Waals surface area contributed by atoms with Crippen LogP contribution in [0.5, 0.6) is 0 Å². The van der Waals surface area contributed by atoms with Crippen molar-refractivity contribution in [3.05, 3.63) is 35.9 Å². The highest BCUT2D eigenvalue weighted by molar-refractivity contribution is 5.74. The molecule has 0 amide bonds. The first-order chi connectivity index (χ1) is 7.33. The van der Waals surface area contributed by atoms with E-state index in [-0.39, 0.29) is 17.8 Å². The van der Waals surface area contributed by atoms with Gasteiger partial charge in [-0.05, 0) is 5.56 Å². The van der Waals surface area contributed by atoms with Crippen molar-refractivity contribution in [1.82, 2.24) is 5.32 Å². The Hall–Kier alpha value is -1.35. The van der Waals surface area contributed by atoms with Crippen molar-refractivity contribution < 1.29 is 9.53 Å². The molecular weight excluding hydrogens is 190 g/mol. The molecule has 80 valence electrons. The molecule has 3 nitrogen and oxygen atoms in total. The van der Waals surface area contributed by atoms with Gasteiger partial charge in [0.05, 0.1) is 13.0 Å². The molecule has 1 aromatic carbocycles. The number of carbonyl (C=O) groups excluding carboxylic acids is 1. The molecule has 1 aromatic rings. The first-order valence-corrected chi connectivity index (χ1v) is 5.16. The van der Waals surface area contributed by atoms with Crippen LogP contribution < -0.4 is 5.32 Å². The number of ether oxygens (including phenoxy) is 1. The van der Waals surface area contributed by atoms with E-state index < -0.39 is 0 Å². The van der Waals surface area contributed by atoms with Crippen molar-refractivity contribution in [2.24, 2.45) is 5.92 Å². The van der Waals surface area contributed by atoms with Crippen molar-refractivity contribution in [3.63, 3.8) is 0 Å². The Labute approximate surface area is 89.4 Å². The molecule has 1 fully saturated rings. The van der Waals surface area contributed by atoms with Crippen LogP contribution in [0.3, 0.4) is 0 Å². The minimum atomic E-state index is -0.117. The summed E-state index contributed by atoms with van der Waals surface area (Å²) in [6, 6.07) is 10.1. The lowest BCUT2D eigenvalue weighted by atomic mass is 9.89. The molecule has 1 saturated heterocycles. The van der Waals surface area contributed by atoms with Gasteiger partial charge in [-0.25, -0.2) is 0 Å². The third-order valence-electron chi connectivity index (χ3n) is 2.95. The molecule has 1 heterocycles. The molecule has 1 aliphatic heterocycles. The van der Waals surface area contributed by atoms with E-state index in [2.05, 4.69) is 17.4 Å². The lowest BCUT2D eigenvalue weighted by Crippen LogP contribution is -2.22. The van der Waals surface area contributed by atoms with Gasteiger partial charge in [0.2, 0.25) is 0 Å². The summed E-state index contributed by atoms with van der Waals surface area (Å²) in [5.41, 5.74) is 1.21. The molecule has 3 heteroatoms. The maximum atomic E-state index is 11.5. The van der Waals surface area contributed by atoms with Crippen LogP contribution in [0.25, 0.3) is 0 Å². The van der Waals surface area contributed by atoms with Crippen molar-refractivity contribution >= 4 is 5.97 Å². The number of hydrogen-bond donors (Lipinski definition) is 1. The Morgan fingerprint density at radius 1 is 1.33 bits per heavy atom. The SMILES string of the molecule is COC(=O)[C@@H]1CNC[C@@H]1c1ccccc1. The molecule has 2 rings (SSSR count). The maximum Gasteiger partial charge on any atom is 0.310 e. The van der Waals surface area contributed by atoms with Gasteiger partial charge < -0.3 is 10.1 Å². The minimum Gasteiger partial charge on any atom is -0.469 e. The zero-order chi connectivity index (χ0) is 10.7.